The van der Waals surface area contributed by atoms with Crippen LogP contribution in [-0.2, 0) is 0 Å². The molecule has 1 saturated heterocycles. The van der Waals surface area contributed by atoms with E-state index >= 15 is 0 Å². The molecule has 7 nitrogen and oxygen atoms in total. The normalized spacial score (nSPS) is 18.3. The Balaban J connectivity index is 1.35. The Morgan fingerprint density at radius 1 is 1.14 bits per heavy atom. The molecule has 4 heterocycles. The number of nitrogens with zero attached hydrogens (tertiary/aromatic N) is 4. The molecular formula is C21H24N4O3. The van der Waals surface area contributed by atoms with Crippen molar-refractivity contribution in [1.29, 1.82) is 5.26 Å². The fraction of sp³-hybridized carbons (Fsp3) is 0.476. The first kappa shape index (κ1) is 18.5. The number of likely N-dealkylation sites (tertiary alicyclic amines) is 1. The maximum Gasteiger partial charge on any atom is 0.257 e. The molecule has 0 spiro atoms. The molecule has 0 aliphatic carbocycles. The van der Waals surface area contributed by atoms with Gasteiger partial charge in [0.15, 0.2) is 5.75 Å². The van der Waals surface area contributed by atoms with Crippen molar-refractivity contribution in [2.24, 2.45) is 0 Å². The van der Waals surface area contributed by atoms with Crippen LogP contribution in [0.2, 0.25) is 0 Å². The molecule has 0 aromatic carbocycles. The lowest BCUT2D eigenvalue weighted by molar-refractivity contribution is 0.0752. The van der Waals surface area contributed by atoms with Crippen LogP contribution < -0.4 is 14.2 Å². The van der Waals surface area contributed by atoms with Crippen molar-refractivity contribution >= 4 is 0 Å². The summed E-state index contributed by atoms with van der Waals surface area (Å²) in [5.41, 5.74) is 2.28. The van der Waals surface area contributed by atoms with Gasteiger partial charge in [0, 0.05) is 25.2 Å². The molecule has 2 aliphatic rings. The van der Waals surface area contributed by atoms with E-state index in [-0.39, 0.29) is 12.1 Å². The molecule has 1 unspecified atom stereocenters. The predicted molar refractivity (Wildman–Crippen MR) is 103 cm³/mol. The molecule has 1 atom stereocenters. The summed E-state index contributed by atoms with van der Waals surface area (Å²) in [4.78, 5) is 11.4. The van der Waals surface area contributed by atoms with Crippen LogP contribution in [0.4, 0.5) is 0 Å². The van der Waals surface area contributed by atoms with Crippen LogP contribution in [0, 0.1) is 18.3 Å². The summed E-state index contributed by atoms with van der Waals surface area (Å²) in [6.07, 6.45) is 1.99. The third kappa shape index (κ3) is 3.87. The smallest absolute Gasteiger partial charge is 0.257 e. The number of aromatic nitrogens is 2. The molecule has 0 saturated carbocycles. The zero-order chi connectivity index (χ0) is 19.5. The Morgan fingerprint density at radius 3 is 2.68 bits per heavy atom. The van der Waals surface area contributed by atoms with E-state index < -0.39 is 0 Å². The minimum atomic E-state index is 0.136. The van der Waals surface area contributed by atoms with E-state index in [0.717, 1.165) is 37.4 Å². The summed E-state index contributed by atoms with van der Waals surface area (Å²) in [7, 11) is 0. The zero-order valence-electron chi connectivity index (χ0n) is 16.2. The molecule has 4 rings (SSSR count). The van der Waals surface area contributed by atoms with Crippen molar-refractivity contribution in [3.05, 3.63) is 41.2 Å². The Kier molecular flexibility index (Phi) is 5.31. The van der Waals surface area contributed by atoms with E-state index in [1.807, 2.05) is 19.1 Å². The third-order valence-corrected chi connectivity index (χ3v) is 5.35. The summed E-state index contributed by atoms with van der Waals surface area (Å²) in [6, 6.07) is 9.84. The minimum Gasteiger partial charge on any atom is -0.484 e. The number of pyridine rings is 2. The molecule has 7 heteroatoms. The fourth-order valence-corrected chi connectivity index (χ4v) is 3.64. The van der Waals surface area contributed by atoms with Gasteiger partial charge in [-0.15, -0.1) is 0 Å². The second-order valence-corrected chi connectivity index (χ2v) is 7.16. The molecule has 0 bridgehead atoms. The molecule has 0 N–H and O–H groups in total. The summed E-state index contributed by atoms with van der Waals surface area (Å²) in [5.74, 6) is 1.91. The van der Waals surface area contributed by atoms with Crippen LogP contribution in [0.15, 0.2) is 24.3 Å². The average molecular weight is 380 g/mol. The van der Waals surface area contributed by atoms with E-state index in [4.69, 9.17) is 19.5 Å². The van der Waals surface area contributed by atoms with Gasteiger partial charge in [-0.1, -0.05) is 0 Å². The molecule has 0 amide bonds. The summed E-state index contributed by atoms with van der Waals surface area (Å²) in [6.45, 7) is 6.98. The van der Waals surface area contributed by atoms with Crippen LogP contribution in [0.5, 0.6) is 17.5 Å². The largest absolute Gasteiger partial charge is 0.484 e. The monoisotopic (exact) mass is 380 g/mol. The maximum absolute atomic E-state index is 9.02. The number of ether oxygens (including phenoxy) is 3. The van der Waals surface area contributed by atoms with Gasteiger partial charge in [0.1, 0.15) is 25.4 Å². The van der Waals surface area contributed by atoms with E-state index in [1.165, 1.54) is 0 Å². The van der Waals surface area contributed by atoms with Crippen molar-refractivity contribution in [3.8, 4) is 23.6 Å². The number of hydrogen-bond acceptors (Lipinski definition) is 7. The van der Waals surface area contributed by atoms with Crippen LogP contribution in [-0.4, -0.2) is 47.3 Å². The van der Waals surface area contributed by atoms with Gasteiger partial charge in [-0.3, -0.25) is 4.90 Å². The van der Waals surface area contributed by atoms with E-state index in [0.29, 0.717) is 36.2 Å². The zero-order valence-corrected chi connectivity index (χ0v) is 16.2. The number of fused-ring (bicyclic) bond motifs is 1. The van der Waals surface area contributed by atoms with Crippen LogP contribution in [0.3, 0.4) is 0 Å². The number of rotatable bonds is 4. The maximum atomic E-state index is 9.02. The topological polar surface area (TPSA) is 80.5 Å². The molecular weight excluding hydrogens is 356 g/mol. The Labute approximate surface area is 164 Å². The average Bonchev–Trinajstić information content (AvgIpc) is 2.73. The fourth-order valence-electron chi connectivity index (χ4n) is 3.64. The molecule has 2 aromatic rings. The van der Waals surface area contributed by atoms with Gasteiger partial charge in [0.25, 0.3) is 5.88 Å². The molecule has 2 aromatic heterocycles. The van der Waals surface area contributed by atoms with Crippen molar-refractivity contribution in [3.63, 3.8) is 0 Å². The van der Waals surface area contributed by atoms with Crippen LogP contribution in [0.1, 0.15) is 42.8 Å². The second-order valence-electron chi connectivity index (χ2n) is 7.16. The summed E-state index contributed by atoms with van der Waals surface area (Å²) in [5, 5.41) is 9.02. The van der Waals surface area contributed by atoms with Gasteiger partial charge in [0.05, 0.1) is 17.0 Å². The van der Waals surface area contributed by atoms with Crippen LogP contribution >= 0.6 is 0 Å². The third-order valence-electron chi connectivity index (χ3n) is 5.35. The number of hydrogen-bond donors (Lipinski definition) is 0. The van der Waals surface area contributed by atoms with Crippen molar-refractivity contribution in [2.45, 2.75) is 38.8 Å². The molecule has 146 valence electrons. The van der Waals surface area contributed by atoms with Gasteiger partial charge < -0.3 is 14.2 Å². The number of aryl methyl sites for hydroxylation is 1. The lowest BCUT2D eigenvalue weighted by Gasteiger charge is -2.35. The highest BCUT2D eigenvalue weighted by molar-refractivity contribution is 5.36. The quantitative estimate of drug-likeness (QED) is 0.806. The Bertz CT molecular complexity index is 888. The molecule has 2 aliphatic heterocycles. The van der Waals surface area contributed by atoms with Crippen LogP contribution in [0.25, 0.3) is 0 Å². The van der Waals surface area contributed by atoms with Crippen molar-refractivity contribution < 1.29 is 14.2 Å². The first-order chi connectivity index (χ1) is 13.6. The predicted octanol–water partition coefficient (Wildman–Crippen LogP) is 3.03. The standard InChI is InChI=1S/C21H24N4O3/c1-14-16(13-22)3-6-20(23-14)28-17-7-9-25(10-8-17)15(2)18-4-5-19-21(24-18)27-12-11-26-19/h3-6,15,17H,7-12H2,1-2H3. The Morgan fingerprint density at radius 2 is 1.93 bits per heavy atom. The van der Waals surface area contributed by atoms with Gasteiger partial charge in [-0.05, 0) is 44.9 Å². The summed E-state index contributed by atoms with van der Waals surface area (Å²) >= 11 is 0. The van der Waals surface area contributed by atoms with Crippen molar-refractivity contribution in [2.75, 3.05) is 26.3 Å². The number of nitriles is 1. The first-order valence-electron chi connectivity index (χ1n) is 9.69. The lowest BCUT2D eigenvalue weighted by Crippen LogP contribution is -2.40. The molecule has 1 fully saturated rings. The van der Waals surface area contributed by atoms with E-state index in [9.17, 15) is 0 Å². The molecule has 0 radical (unpaired) electrons. The van der Waals surface area contributed by atoms with E-state index in [1.54, 1.807) is 12.1 Å². The van der Waals surface area contributed by atoms with Gasteiger partial charge in [0.2, 0.25) is 5.88 Å². The second kappa shape index (κ2) is 8.03. The highest BCUT2D eigenvalue weighted by Crippen LogP contribution is 2.32. The highest BCUT2D eigenvalue weighted by Gasteiger charge is 2.26. The minimum absolute atomic E-state index is 0.136. The Hall–Kier alpha value is -2.85. The van der Waals surface area contributed by atoms with Gasteiger partial charge in [-0.2, -0.15) is 5.26 Å². The lowest BCUT2D eigenvalue weighted by atomic mass is 10.0. The van der Waals surface area contributed by atoms with E-state index in [2.05, 4.69) is 27.9 Å². The molecule has 28 heavy (non-hydrogen) atoms. The highest BCUT2D eigenvalue weighted by atomic mass is 16.6. The first-order valence-corrected chi connectivity index (χ1v) is 9.69. The summed E-state index contributed by atoms with van der Waals surface area (Å²) < 4.78 is 17.2. The SMILES string of the molecule is Cc1nc(OC2CCN(C(C)c3ccc4c(n3)OCCO4)CC2)ccc1C#N. The van der Waals surface area contributed by atoms with Crippen molar-refractivity contribution in [1.82, 2.24) is 14.9 Å². The van der Waals surface area contributed by atoms with Gasteiger partial charge in [-0.25, -0.2) is 9.97 Å². The van der Waals surface area contributed by atoms with Gasteiger partial charge >= 0.3 is 0 Å². The number of piperidine rings is 1.